The van der Waals surface area contributed by atoms with Gasteiger partial charge >= 0.3 is 0 Å². The molecule has 0 heterocycles. The van der Waals surface area contributed by atoms with Gasteiger partial charge in [0, 0.05) is 18.0 Å². The van der Waals surface area contributed by atoms with Crippen LogP contribution in [0.15, 0.2) is 42.5 Å². The zero-order chi connectivity index (χ0) is 25.9. The molecule has 0 bridgehead atoms. The molecule has 3 atom stereocenters. The number of halogens is 1. The molecule has 2 aromatic carbocycles. The van der Waals surface area contributed by atoms with Crippen molar-refractivity contribution in [2.75, 3.05) is 6.54 Å². The number of thiocarbonyl (C=S) groups is 1. The lowest BCUT2D eigenvalue weighted by Crippen LogP contribution is -2.53. The van der Waals surface area contributed by atoms with Gasteiger partial charge in [0.05, 0.1) is 17.1 Å². The fourth-order valence-corrected chi connectivity index (χ4v) is 6.19. The Morgan fingerprint density at radius 2 is 1.86 bits per heavy atom. The fraction of sp³-hybridized carbons (Fsp3) is 0.567. The van der Waals surface area contributed by atoms with E-state index >= 15 is 0 Å². The Morgan fingerprint density at radius 1 is 1.14 bits per heavy atom. The summed E-state index contributed by atoms with van der Waals surface area (Å²) in [6, 6.07) is 13.7. The highest BCUT2D eigenvalue weighted by molar-refractivity contribution is 7.80. The first kappa shape index (κ1) is 27.6. The quantitative estimate of drug-likeness (QED) is 0.290. The van der Waals surface area contributed by atoms with Gasteiger partial charge in [-0.05, 0) is 71.6 Å². The van der Waals surface area contributed by atoms with Crippen LogP contribution in [0, 0.1) is 11.7 Å². The lowest BCUT2D eigenvalue weighted by Gasteiger charge is -2.41. The molecule has 4 rings (SSSR count). The summed E-state index contributed by atoms with van der Waals surface area (Å²) in [5.41, 5.74) is 3.45. The first-order valence-corrected chi connectivity index (χ1v) is 14.4. The average molecular weight is 529 g/mol. The van der Waals surface area contributed by atoms with Gasteiger partial charge in [0.15, 0.2) is 0 Å². The average Bonchev–Trinajstić information content (AvgIpc) is 3.67. The molecular weight excluding hydrogens is 486 g/mol. The fourth-order valence-electron chi connectivity index (χ4n) is 5.42. The second-order valence-corrected chi connectivity index (χ2v) is 13.0. The van der Waals surface area contributed by atoms with E-state index in [1.165, 1.54) is 36.5 Å². The van der Waals surface area contributed by atoms with Crippen molar-refractivity contribution in [2.45, 2.75) is 95.2 Å². The van der Waals surface area contributed by atoms with Gasteiger partial charge in [-0.3, -0.25) is 0 Å². The Bertz CT molecular complexity index is 1040. The van der Waals surface area contributed by atoms with Crippen LogP contribution >= 0.6 is 21.5 Å². The highest BCUT2D eigenvalue weighted by Crippen LogP contribution is 2.39. The molecular formula is C30H42FN2OPS. The molecule has 6 heteroatoms. The molecule has 3 unspecified atom stereocenters. The van der Waals surface area contributed by atoms with Crippen LogP contribution in [0.3, 0.4) is 0 Å². The van der Waals surface area contributed by atoms with Crippen LogP contribution in [0.1, 0.15) is 82.4 Å². The molecule has 36 heavy (non-hydrogen) atoms. The van der Waals surface area contributed by atoms with Crippen molar-refractivity contribution in [3.63, 3.8) is 0 Å². The molecule has 3 nitrogen and oxygen atoms in total. The van der Waals surface area contributed by atoms with Crippen molar-refractivity contribution < 1.29 is 9.50 Å². The lowest BCUT2D eigenvalue weighted by atomic mass is 9.74. The zero-order valence-electron chi connectivity index (χ0n) is 21.9. The molecule has 0 amide bonds. The molecule has 0 aliphatic heterocycles. The maximum Gasteiger partial charge on any atom is 0.124 e. The Labute approximate surface area is 224 Å². The molecule has 2 aliphatic rings. The lowest BCUT2D eigenvalue weighted by molar-refractivity contribution is 0.110. The Hall–Kier alpha value is -1.39. The van der Waals surface area contributed by atoms with Crippen LogP contribution in [0.4, 0.5) is 4.39 Å². The monoisotopic (exact) mass is 528 g/mol. The Kier molecular flexibility index (Phi) is 8.87. The van der Waals surface area contributed by atoms with E-state index < -0.39 is 6.10 Å². The van der Waals surface area contributed by atoms with Crippen molar-refractivity contribution >= 4 is 31.8 Å². The molecule has 0 spiro atoms. The van der Waals surface area contributed by atoms with Crippen LogP contribution in [-0.4, -0.2) is 28.8 Å². The van der Waals surface area contributed by atoms with Crippen molar-refractivity contribution in [3.05, 3.63) is 65.0 Å². The molecule has 3 N–H and O–H groups in total. The maximum atomic E-state index is 14.1. The molecule has 2 fully saturated rings. The number of aliphatic hydroxyl groups excluding tert-OH is 1. The van der Waals surface area contributed by atoms with E-state index in [1.54, 1.807) is 6.07 Å². The highest BCUT2D eigenvalue weighted by Gasteiger charge is 2.36. The summed E-state index contributed by atoms with van der Waals surface area (Å²) in [7, 11) is 2.57. The molecule has 0 aromatic heterocycles. The zero-order valence-corrected chi connectivity index (χ0v) is 23.9. The minimum absolute atomic E-state index is 0.0836. The number of hydrogen-bond donors (Lipinski definition) is 3. The number of hydrogen-bond acceptors (Lipinski definition) is 3. The van der Waals surface area contributed by atoms with Gasteiger partial charge in [-0.1, -0.05) is 82.6 Å². The van der Waals surface area contributed by atoms with E-state index in [2.05, 4.69) is 64.9 Å². The Morgan fingerprint density at radius 3 is 2.50 bits per heavy atom. The minimum Gasteiger partial charge on any atom is -0.390 e. The maximum absolute atomic E-state index is 14.1. The molecule has 0 radical (unpaired) electrons. The number of nitrogens with one attached hydrogen (secondary N) is 2. The van der Waals surface area contributed by atoms with Crippen LogP contribution in [0.25, 0.3) is 0 Å². The van der Waals surface area contributed by atoms with E-state index in [0.717, 1.165) is 41.5 Å². The van der Waals surface area contributed by atoms with E-state index in [9.17, 15) is 9.50 Å². The standard InChI is InChI=1S/C30H42FN2OPS/c1-29(2,3)22-8-7-9-23(17-22)30(12-5-4-6-13-30)32-19-27(34)26(33-28(36)21-10-11-21)16-20-14-24(31)18-25(35)15-20/h7-9,14-15,17-18,21,26-27,32,34H,4-6,10-13,16,19,35H2,1-3H3,(H,33,36). The van der Waals surface area contributed by atoms with Gasteiger partial charge in [-0.15, -0.1) is 9.24 Å². The Balaban J connectivity index is 1.53. The molecule has 2 aliphatic carbocycles. The number of rotatable bonds is 9. The van der Waals surface area contributed by atoms with Crippen molar-refractivity contribution in [2.24, 2.45) is 5.92 Å². The van der Waals surface area contributed by atoms with Crippen LogP contribution in [0.5, 0.6) is 0 Å². The molecule has 0 saturated heterocycles. The third kappa shape index (κ3) is 7.13. The third-order valence-electron chi connectivity index (χ3n) is 7.81. The summed E-state index contributed by atoms with van der Waals surface area (Å²) >= 11 is 5.64. The second-order valence-electron chi connectivity index (χ2n) is 11.9. The number of aliphatic hydroxyl groups is 1. The molecule has 196 valence electrons. The van der Waals surface area contributed by atoms with Gasteiger partial charge in [-0.25, -0.2) is 4.39 Å². The van der Waals surface area contributed by atoms with E-state index in [-0.39, 0.29) is 22.8 Å². The van der Waals surface area contributed by atoms with Gasteiger partial charge in [0.2, 0.25) is 0 Å². The predicted molar refractivity (Wildman–Crippen MR) is 156 cm³/mol. The summed E-state index contributed by atoms with van der Waals surface area (Å²) < 4.78 is 14.1. The minimum atomic E-state index is -0.664. The van der Waals surface area contributed by atoms with Crippen LogP contribution < -0.4 is 15.9 Å². The van der Waals surface area contributed by atoms with Gasteiger partial charge in [0.1, 0.15) is 5.82 Å². The van der Waals surface area contributed by atoms with E-state index in [0.29, 0.717) is 18.9 Å². The molecule has 2 aromatic rings. The van der Waals surface area contributed by atoms with Crippen LogP contribution in [0.2, 0.25) is 0 Å². The normalized spacial score (nSPS) is 19.5. The number of benzene rings is 2. The predicted octanol–water partition coefficient (Wildman–Crippen LogP) is 5.67. The van der Waals surface area contributed by atoms with E-state index in [1.807, 2.05) is 6.07 Å². The van der Waals surface area contributed by atoms with Crippen molar-refractivity contribution in [3.8, 4) is 0 Å². The topological polar surface area (TPSA) is 44.3 Å². The van der Waals surface area contributed by atoms with E-state index in [4.69, 9.17) is 12.2 Å². The van der Waals surface area contributed by atoms with Crippen molar-refractivity contribution in [1.82, 2.24) is 10.6 Å². The molecule has 2 saturated carbocycles. The summed E-state index contributed by atoms with van der Waals surface area (Å²) in [6.45, 7) is 7.21. The van der Waals surface area contributed by atoms with Gasteiger partial charge in [-0.2, -0.15) is 0 Å². The SMILES string of the molecule is CC(C)(C)c1cccc(C2(NCC(O)C(Cc3cc(F)cc(P)c3)NC(=S)C3CC3)CCCCC2)c1. The van der Waals surface area contributed by atoms with Crippen molar-refractivity contribution in [1.29, 1.82) is 0 Å². The first-order valence-electron chi connectivity index (χ1n) is 13.5. The second kappa shape index (κ2) is 11.6. The van der Waals surface area contributed by atoms with Gasteiger partial charge < -0.3 is 15.7 Å². The summed E-state index contributed by atoms with van der Waals surface area (Å²) in [5.74, 6) is 0.158. The summed E-state index contributed by atoms with van der Waals surface area (Å²) in [6.07, 6.45) is 7.79. The summed E-state index contributed by atoms with van der Waals surface area (Å²) in [5, 5.41) is 19.5. The summed E-state index contributed by atoms with van der Waals surface area (Å²) in [4.78, 5) is 0.826. The first-order chi connectivity index (χ1) is 17.1. The largest absolute Gasteiger partial charge is 0.390 e. The van der Waals surface area contributed by atoms with Gasteiger partial charge in [0.25, 0.3) is 0 Å². The highest BCUT2D eigenvalue weighted by atomic mass is 32.1. The smallest absolute Gasteiger partial charge is 0.124 e. The van der Waals surface area contributed by atoms with Crippen LogP contribution in [-0.2, 0) is 17.4 Å². The third-order valence-corrected chi connectivity index (χ3v) is 8.60.